The quantitative estimate of drug-likeness (QED) is 0.0143. The molecule has 14 heteroatoms. The number of rotatable bonds is 27. The van der Waals surface area contributed by atoms with Gasteiger partial charge in [-0.25, -0.2) is 0 Å². The first-order chi connectivity index (χ1) is 37.6. The molecule has 6 aromatic carbocycles. The third-order valence-electron chi connectivity index (χ3n) is 13.6. The van der Waals surface area contributed by atoms with Crippen LogP contribution < -0.4 is 16.0 Å². The second kappa shape index (κ2) is 27.6. The number of esters is 2. The summed E-state index contributed by atoms with van der Waals surface area (Å²) in [5.74, 6) is -2.61. The first kappa shape index (κ1) is 58.7. The van der Waals surface area contributed by atoms with Crippen LogP contribution in [0.5, 0.6) is 0 Å². The summed E-state index contributed by atoms with van der Waals surface area (Å²) in [5.41, 5.74) is 4.17. The van der Waals surface area contributed by atoms with E-state index in [0.717, 1.165) is 33.4 Å². The van der Waals surface area contributed by atoms with E-state index in [9.17, 15) is 34.2 Å². The average Bonchev–Trinajstić information content (AvgIpc) is 4.32. The van der Waals surface area contributed by atoms with Crippen LogP contribution in [0.15, 0.2) is 194 Å². The molecule has 1 unspecified atom stereocenters. The molecule has 0 spiro atoms. The Morgan fingerprint density at radius 2 is 1.00 bits per heavy atom. The summed E-state index contributed by atoms with van der Waals surface area (Å²) < 4.78 is 8.97. The minimum atomic E-state index is -1.35. The SMILES string of the molecule is COC(=O)CC(O)C1(NC(=O)[C@@H](CSC(c2ccccc2)(c2ccccc2)c2ccccc2)NC(=O)[C@@H](CCC(=O)OC(C)(C)C)NC(=O)C[C@H](O)C=CCCSC(c2ccccc2)(c2ccccc2)c2ccccc2)CC1. The molecular weight excluding hydrogens is 1020 g/mol. The van der Waals surface area contributed by atoms with E-state index in [1.54, 1.807) is 38.6 Å². The van der Waals surface area contributed by atoms with Crippen molar-refractivity contribution in [3.05, 3.63) is 228 Å². The molecule has 12 nitrogen and oxygen atoms in total. The van der Waals surface area contributed by atoms with Gasteiger partial charge in [0.1, 0.15) is 17.7 Å². The van der Waals surface area contributed by atoms with Crippen LogP contribution in [-0.2, 0) is 42.9 Å². The van der Waals surface area contributed by atoms with Gasteiger partial charge in [0.15, 0.2) is 0 Å². The Kier molecular flexibility index (Phi) is 20.7. The van der Waals surface area contributed by atoms with E-state index in [4.69, 9.17) is 9.47 Å². The highest BCUT2D eigenvalue weighted by molar-refractivity contribution is 8.00. The molecule has 0 aliphatic heterocycles. The number of hydrogen-bond acceptors (Lipinski definition) is 11. The number of carbonyl (C=O) groups excluding carboxylic acids is 5. The predicted octanol–water partition coefficient (Wildman–Crippen LogP) is 9.80. The molecular formula is C64H71N3O9S2. The summed E-state index contributed by atoms with van der Waals surface area (Å²) in [6.45, 7) is 5.19. The van der Waals surface area contributed by atoms with E-state index < -0.39 is 81.0 Å². The van der Waals surface area contributed by atoms with Crippen molar-refractivity contribution in [2.75, 3.05) is 18.6 Å². The number of thioether (sulfide) groups is 2. The molecule has 1 saturated carbocycles. The van der Waals surface area contributed by atoms with E-state index in [-0.39, 0.29) is 25.0 Å². The molecule has 0 radical (unpaired) electrons. The summed E-state index contributed by atoms with van der Waals surface area (Å²) in [6, 6.07) is 58.0. The van der Waals surface area contributed by atoms with E-state index >= 15 is 0 Å². The number of amides is 3. The van der Waals surface area contributed by atoms with Crippen LogP contribution >= 0.6 is 23.5 Å². The zero-order valence-electron chi connectivity index (χ0n) is 44.7. The summed E-state index contributed by atoms with van der Waals surface area (Å²) >= 11 is 3.21. The minimum absolute atomic E-state index is 0.0167. The number of aliphatic hydroxyl groups excluding tert-OH is 2. The van der Waals surface area contributed by atoms with Crippen LogP contribution in [0.1, 0.15) is 99.1 Å². The fourth-order valence-corrected chi connectivity index (χ4v) is 12.6. The molecule has 6 aromatic rings. The fourth-order valence-electron chi connectivity index (χ4n) is 9.61. The number of carbonyl (C=O) groups is 5. The van der Waals surface area contributed by atoms with E-state index in [0.29, 0.717) is 25.0 Å². The Morgan fingerprint density at radius 1 is 0.577 bits per heavy atom. The van der Waals surface area contributed by atoms with Gasteiger partial charge in [-0.2, -0.15) is 0 Å². The Balaban J connectivity index is 1.11. The average molecular weight is 1090 g/mol. The van der Waals surface area contributed by atoms with Gasteiger partial charge in [-0.15, -0.1) is 23.5 Å². The number of allylic oxidation sites excluding steroid dienone is 1. The highest BCUT2D eigenvalue weighted by Crippen LogP contribution is 2.50. The molecule has 0 saturated heterocycles. The number of benzene rings is 6. The number of aliphatic hydroxyl groups is 2. The summed E-state index contributed by atoms with van der Waals surface area (Å²) in [7, 11) is 1.22. The van der Waals surface area contributed by atoms with Crippen molar-refractivity contribution in [1.29, 1.82) is 0 Å². The van der Waals surface area contributed by atoms with E-state index in [1.807, 2.05) is 152 Å². The normalized spacial score (nSPS) is 14.7. The maximum atomic E-state index is 14.8. The zero-order valence-corrected chi connectivity index (χ0v) is 46.4. The zero-order chi connectivity index (χ0) is 55.6. The van der Waals surface area contributed by atoms with Crippen molar-refractivity contribution in [3.63, 3.8) is 0 Å². The number of ether oxygens (including phenoxy) is 2. The van der Waals surface area contributed by atoms with Gasteiger partial charge in [0.25, 0.3) is 0 Å². The molecule has 78 heavy (non-hydrogen) atoms. The molecule has 408 valence electrons. The standard InChI is InChI=1S/C64H71N3O9S2/c1-61(2,3)76-57(71)39-38-53(65-56(70)43-52(68)37-23-24-42-77-63(46-25-11-5-12-26-46,47-27-13-6-14-28-47)48-29-15-7-16-30-48)59(73)66-54(60(74)67-62(40-41-62)55(69)44-58(72)75-4)45-78-64(49-31-17-8-18-32-49,50-33-19-9-20-34-50)51-35-21-10-22-36-51/h5-23,25-37,52-55,68-69H,24,38-45H2,1-4H3,(H,65,70)(H,66,73)(H,67,74)/t52-,53-,54-,55?/m1/s1. The second-order valence-corrected chi connectivity index (χ2v) is 23.0. The highest BCUT2D eigenvalue weighted by atomic mass is 32.2. The van der Waals surface area contributed by atoms with Crippen molar-refractivity contribution >= 4 is 53.2 Å². The van der Waals surface area contributed by atoms with Gasteiger partial charge in [0.2, 0.25) is 17.7 Å². The van der Waals surface area contributed by atoms with Gasteiger partial charge in [-0.1, -0.05) is 194 Å². The predicted molar refractivity (Wildman–Crippen MR) is 309 cm³/mol. The molecule has 1 aliphatic rings. The molecule has 5 N–H and O–H groups in total. The number of hydrogen-bond donors (Lipinski definition) is 5. The number of nitrogens with one attached hydrogen (secondary N) is 3. The first-order valence-corrected chi connectivity index (χ1v) is 28.4. The van der Waals surface area contributed by atoms with E-state index in [2.05, 4.69) is 52.3 Å². The lowest BCUT2D eigenvalue weighted by Gasteiger charge is -2.37. The van der Waals surface area contributed by atoms with Gasteiger partial charge < -0.3 is 35.6 Å². The van der Waals surface area contributed by atoms with Crippen LogP contribution in [0.25, 0.3) is 0 Å². The van der Waals surface area contributed by atoms with Crippen LogP contribution in [0, 0.1) is 0 Å². The first-order valence-electron chi connectivity index (χ1n) is 26.4. The smallest absolute Gasteiger partial charge is 0.308 e. The van der Waals surface area contributed by atoms with Crippen LogP contribution in [-0.4, -0.2) is 93.9 Å². The van der Waals surface area contributed by atoms with Gasteiger partial charge in [-0.05, 0) is 85.6 Å². The Morgan fingerprint density at radius 3 is 1.40 bits per heavy atom. The maximum absolute atomic E-state index is 14.8. The summed E-state index contributed by atoms with van der Waals surface area (Å²) in [6.07, 6.45) is 1.10. The molecule has 1 aliphatic carbocycles. The lowest BCUT2D eigenvalue weighted by molar-refractivity contribution is -0.155. The van der Waals surface area contributed by atoms with Gasteiger partial charge >= 0.3 is 11.9 Å². The van der Waals surface area contributed by atoms with Crippen molar-refractivity contribution in [2.45, 2.75) is 111 Å². The lowest BCUT2D eigenvalue weighted by atomic mass is 9.84. The Labute approximate surface area is 467 Å². The molecule has 1 fully saturated rings. The number of methoxy groups -OCH3 is 1. The fraction of sp³-hybridized carbons (Fsp3) is 0.328. The lowest BCUT2D eigenvalue weighted by Crippen LogP contribution is -2.58. The molecule has 0 bridgehead atoms. The Bertz CT molecular complexity index is 2710. The molecule has 7 rings (SSSR count). The monoisotopic (exact) mass is 1090 g/mol. The van der Waals surface area contributed by atoms with Gasteiger partial charge in [0.05, 0.1) is 47.2 Å². The molecule has 4 atom stereocenters. The molecule has 3 amide bonds. The molecule has 0 aromatic heterocycles. The summed E-state index contributed by atoms with van der Waals surface area (Å²) in [4.78, 5) is 68.9. The van der Waals surface area contributed by atoms with Crippen LogP contribution in [0.2, 0.25) is 0 Å². The van der Waals surface area contributed by atoms with Crippen LogP contribution in [0.3, 0.4) is 0 Å². The largest absolute Gasteiger partial charge is 0.469 e. The van der Waals surface area contributed by atoms with E-state index in [1.165, 1.54) is 18.9 Å². The van der Waals surface area contributed by atoms with Crippen molar-refractivity contribution in [2.24, 2.45) is 0 Å². The van der Waals surface area contributed by atoms with Gasteiger partial charge in [-0.3, -0.25) is 24.0 Å². The topological polar surface area (TPSA) is 180 Å². The Hall–Kier alpha value is -6.97. The summed E-state index contributed by atoms with van der Waals surface area (Å²) in [5, 5.41) is 31.1. The second-order valence-electron chi connectivity index (χ2n) is 20.5. The van der Waals surface area contributed by atoms with Gasteiger partial charge in [0, 0.05) is 12.2 Å². The third kappa shape index (κ3) is 15.4. The third-order valence-corrected chi connectivity index (χ3v) is 16.9. The minimum Gasteiger partial charge on any atom is -0.469 e. The molecule has 0 heterocycles. The highest BCUT2D eigenvalue weighted by Gasteiger charge is 2.52. The maximum Gasteiger partial charge on any atom is 0.308 e. The van der Waals surface area contributed by atoms with Crippen molar-refractivity contribution in [1.82, 2.24) is 16.0 Å². The van der Waals surface area contributed by atoms with Crippen molar-refractivity contribution < 1.29 is 43.7 Å². The van der Waals surface area contributed by atoms with Crippen molar-refractivity contribution in [3.8, 4) is 0 Å². The van der Waals surface area contributed by atoms with Crippen LogP contribution in [0.4, 0.5) is 0 Å².